The van der Waals surface area contributed by atoms with E-state index in [9.17, 15) is 13.5 Å². The van der Waals surface area contributed by atoms with Crippen LogP contribution >= 0.6 is 11.6 Å². The van der Waals surface area contributed by atoms with Crippen LogP contribution in [0.1, 0.15) is 16.7 Å². The molecule has 0 heterocycles. The molecule has 112 valence electrons. The number of nitrogens with one attached hydrogen (secondary N) is 1. The Kier molecular flexibility index (Phi) is 4.56. The predicted molar refractivity (Wildman–Crippen MR) is 84.1 cm³/mol. The molecule has 0 aliphatic heterocycles. The summed E-state index contributed by atoms with van der Waals surface area (Å²) in [7, 11) is -3.74. The summed E-state index contributed by atoms with van der Waals surface area (Å²) in [6.07, 6.45) is 0. The monoisotopic (exact) mass is 325 g/mol. The molecule has 0 spiro atoms. The summed E-state index contributed by atoms with van der Waals surface area (Å²) in [5, 5.41) is 9.70. The van der Waals surface area contributed by atoms with Crippen LogP contribution in [0.2, 0.25) is 5.02 Å². The van der Waals surface area contributed by atoms with Crippen molar-refractivity contribution in [2.45, 2.75) is 25.3 Å². The van der Waals surface area contributed by atoms with Crippen molar-refractivity contribution in [2.75, 3.05) is 4.72 Å². The number of aliphatic hydroxyl groups is 1. The third-order valence-electron chi connectivity index (χ3n) is 3.30. The van der Waals surface area contributed by atoms with Gasteiger partial charge in [-0.1, -0.05) is 29.8 Å². The summed E-state index contributed by atoms with van der Waals surface area (Å²) >= 11 is 5.90. The largest absolute Gasteiger partial charge is 0.392 e. The molecule has 0 amide bonds. The number of halogens is 1. The maximum atomic E-state index is 12.5. The highest BCUT2D eigenvalue weighted by Gasteiger charge is 2.19. The fraction of sp³-hybridized carbons (Fsp3) is 0.200. The Morgan fingerprint density at radius 2 is 1.90 bits per heavy atom. The molecule has 2 aromatic carbocycles. The van der Waals surface area contributed by atoms with Gasteiger partial charge in [-0.15, -0.1) is 0 Å². The standard InChI is InChI=1S/C15H16ClNO3S/c1-10-6-7-13(16)8-14(10)17-21(19,20)15-5-3-4-12(9-18)11(15)2/h3-8,17-18H,9H2,1-2H3. The highest BCUT2D eigenvalue weighted by Crippen LogP contribution is 2.25. The molecule has 0 radical (unpaired) electrons. The Morgan fingerprint density at radius 1 is 1.19 bits per heavy atom. The molecular weight excluding hydrogens is 310 g/mol. The summed E-state index contributed by atoms with van der Waals surface area (Å²) in [6.45, 7) is 3.27. The molecule has 21 heavy (non-hydrogen) atoms. The van der Waals surface area contributed by atoms with Crippen molar-refractivity contribution in [1.29, 1.82) is 0 Å². The molecule has 6 heteroatoms. The van der Waals surface area contributed by atoms with Crippen LogP contribution in [0.3, 0.4) is 0 Å². The first kappa shape index (κ1) is 15.8. The molecule has 2 rings (SSSR count). The van der Waals surface area contributed by atoms with Gasteiger partial charge in [0.05, 0.1) is 17.2 Å². The van der Waals surface area contributed by atoms with E-state index >= 15 is 0 Å². The molecule has 0 unspecified atom stereocenters. The Balaban J connectivity index is 2.46. The zero-order valence-electron chi connectivity index (χ0n) is 11.7. The second-order valence-corrected chi connectivity index (χ2v) is 6.85. The summed E-state index contributed by atoms with van der Waals surface area (Å²) in [4.78, 5) is 0.147. The van der Waals surface area contributed by atoms with Crippen LogP contribution in [0.4, 0.5) is 5.69 Å². The fourth-order valence-corrected chi connectivity index (χ4v) is 3.61. The summed E-state index contributed by atoms with van der Waals surface area (Å²) in [5.41, 5.74) is 2.34. The van der Waals surface area contributed by atoms with E-state index in [1.54, 1.807) is 44.2 Å². The van der Waals surface area contributed by atoms with Crippen LogP contribution < -0.4 is 4.72 Å². The number of anilines is 1. The van der Waals surface area contributed by atoms with Crippen LogP contribution in [0, 0.1) is 13.8 Å². The third-order valence-corrected chi connectivity index (χ3v) is 5.05. The Hall–Kier alpha value is -1.56. The van der Waals surface area contributed by atoms with Crippen LogP contribution in [-0.4, -0.2) is 13.5 Å². The minimum Gasteiger partial charge on any atom is -0.392 e. The molecule has 0 saturated carbocycles. The SMILES string of the molecule is Cc1ccc(Cl)cc1NS(=O)(=O)c1cccc(CO)c1C. The van der Waals surface area contributed by atoms with E-state index in [0.717, 1.165) is 5.56 Å². The zero-order chi connectivity index (χ0) is 15.6. The van der Waals surface area contributed by atoms with E-state index in [2.05, 4.69) is 4.72 Å². The minimum absolute atomic E-state index is 0.147. The number of sulfonamides is 1. The molecule has 0 bridgehead atoms. The first-order valence-electron chi connectivity index (χ1n) is 6.33. The average molecular weight is 326 g/mol. The number of benzene rings is 2. The van der Waals surface area contributed by atoms with E-state index in [0.29, 0.717) is 21.8 Å². The molecule has 0 fully saturated rings. The molecule has 0 saturated heterocycles. The van der Waals surface area contributed by atoms with Crippen LogP contribution in [0.5, 0.6) is 0 Å². The summed E-state index contributed by atoms with van der Waals surface area (Å²) in [6, 6.07) is 9.83. The highest BCUT2D eigenvalue weighted by molar-refractivity contribution is 7.92. The smallest absolute Gasteiger partial charge is 0.262 e. The average Bonchev–Trinajstić information content (AvgIpc) is 2.42. The van der Waals surface area contributed by atoms with Gasteiger partial charge in [0, 0.05) is 5.02 Å². The summed E-state index contributed by atoms with van der Waals surface area (Å²) < 4.78 is 27.6. The number of hydrogen-bond acceptors (Lipinski definition) is 3. The highest BCUT2D eigenvalue weighted by atomic mass is 35.5. The van der Waals surface area contributed by atoms with Crippen molar-refractivity contribution in [3.05, 3.63) is 58.1 Å². The lowest BCUT2D eigenvalue weighted by Crippen LogP contribution is -2.15. The maximum absolute atomic E-state index is 12.5. The lowest BCUT2D eigenvalue weighted by molar-refractivity contribution is 0.280. The molecule has 2 aromatic rings. The molecular formula is C15H16ClNO3S. The van der Waals surface area contributed by atoms with Gasteiger partial charge >= 0.3 is 0 Å². The first-order chi connectivity index (χ1) is 9.85. The van der Waals surface area contributed by atoms with E-state index in [1.807, 2.05) is 0 Å². The summed E-state index contributed by atoms with van der Waals surface area (Å²) in [5.74, 6) is 0. The van der Waals surface area contributed by atoms with Crippen molar-refractivity contribution < 1.29 is 13.5 Å². The van der Waals surface area contributed by atoms with Crippen LogP contribution in [0.25, 0.3) is 0 Å². The first-order valence-corrected chi connectivity index (χ1v) is 8.19. The fourth-order valence-electron chi connectivity index (χ4n) is 2.03. The van der Waals surface area contributed by atoms with Gasteiger partial charge < -0.3 is 5.11 Å². The van der Waals surface area contributed by atoms with Crippen molar-refractivity contribution in [1.82, 2.24) is 0 Å². The predicted octanol–water partition coefficient (Wildman–Crippen LogP) is 3.25. The van der Waals surface area contributed by atoms with Gasteiger partial charge in [0.1, 0.15) is 0 Å². The van der Waals surface area contributed by atoms with Gasteiger partial charge in [-0.2, -0.15) is 0 Å². The van der Waals surface area contributed by atoms with Gasteiger partial charge in [0.15, 0.2) is 0 Å². The molecule has 4 nitrogen and oxygen atoms in total. The van der Waals surface area contributed by atoms with E-state index < -0.39 is 10.0 Å². The number of hydrogen-bond donors (Lipinski definition) is 2. The van der Waals surface area contributed by atoms with E-state index in [-0.39, 0.29) is 11.5 Å². The lowest BCUT2D eigenvalue weighted by Gasteiger charge is -2.14. The molecule has 0 aromatic heterocycles. The molecule has 0 aliphatic carbocycles. The number of aliphatic hydroxyl groups excluding tert-OH is 1. The Labute approximate surface area is 129 Å². The van der Waals surface area contributed by atoms with Crippen LogP contribution in [0.15, 0.2) is 41.3 Å². The van der Waals surface area contributed by atoms with E-state index in [4.69, 9.17) is 11.6 Å². The van der Waals surface area contributed by atoms with Gasteiger partial charge in [0.2, 0.25) is 0 Å². The number of rotatable bonds is 4. The maximum Gasteiger partial charge on any atom is 0.262 e. The van der Waals surface area contributed by atoms with Gasteiger partial charge in [-0.05, 0) is 48.7 Å². The Bertz CT molecular complexity index is 772. The third kappa shape index (κ3) is 3.37. The second kappa shape index (κ2) is 6.05. The van der Waals surface area contributed by atoms with Crippen molar-refractivity contribution >= 4 is 27.3 Å². The number of aryl methyl sites for hydroxylation is 1. The van der Waals surface area contributed by atoms with Gasteiger partial charge in [-0.3, -0.25) is 4.72 Å². The van der Waals surface area contributed by atoms with Crippen molar-refractivity contribution in [2.24, 2.45) is 0 Å². The van der Waals surface area contributed by atoms with Gasteiger partial charge in [-0.25, -0.2) is 8.42 Å². The topological polar surface area (TPSA) is 66.4 Å². The normalized spacial score (nSPS) is 11.4. The van der Waals surface area contributed by atoms with E-state index in [1.165, 1.54) is 6.07 Å². The molecule has 0 aliphatic rings. The minimum atomic E-state index is -3.74. The van der Waals surface area contributed by atoms with Gasteiger partial charge in [0.25, 0.3) is 10.0 Å². The molecule has 2 N–H and O–H groups in total. The van der Waals surface area contributed by atoms with Crippen LogP contribution in [-0.2, 0) is 16.6 Å². The lowest BCUT2D eigenvalue weighted by atomic mass is 10.1. The second-order valence-electron chi connectivity index (χ2n) is 4.76. The Morgan fingerprint density at radius 3 is 2.57 bits per heavy atom. The molecule has 0 atom stereocenters. The van der Waals surface area contributed by atoms with Crippen molar-refractivity contribution in [3.8, 4) is 0 Å². The zero-order valence-corrected chi connectivity index (χ0v) is 13.3. The quantitative estimate of drug-likeness (QED) is 0.906. The van der Waals surface area contributed by atoms with Crippen molar-refractivity contribution in [3.63, 3.8) is 0 Å².